The molecule has 0 bridgehead atoms. The Balaban J connectivity index is 1.78. The zero-order valence-corrected chi connectivity index (χ0v) is 11.7. The SMILES string of the molecule is CCCNCC1CCCN(Cc2cncn2C)C1. The van der Waals surface area contributed by atoms with Gasteiger partial charge in [-0.2, -0.15) is 0 Å². The van der Waals surface area contributed by atoms with Crippen molar-refractivity contribution in [2.24, 2.45) is 13.0 Å². The number of aryl methyl sites for hydroxylation is 1. The summed E-state index contributed by atoms with van der Waals surface area (Å²) in [5.41, 5.74) is 1.32. The van der Waals surface area contributed by atoms with Crippen molar-refractivity contribution in [2.45, 2.75) is 32.7 Å². The van der Waals surface area contributed by atoms with E-state index in [9.17, 15) is 0 Å². The minimum Gasteiger partial charge on any atom is -0.337 e. The van der Waals surface area contributed by atoms with Crippen LogP contribution in [0.1, 0.15) is 31.9 Å². The fourth-order valence-corrected chi connectivity index (χ4v) is 2.71. The Kier molecular flexibility index (Phi) is 5.20. The van der Waals surface area contributed by atoms with Gasteiger partial charge in [0.05, 0.1) is 12.0 Å². The topological polar surface area (TPSA) is 33.1 Å². The predicted molar refractivity (Wildman–Crippen MR) is 74.4 cm³/mol. The first-order valence-corrected chi connectivity index (χ1v) is 7.18. The number of aromatic nitrogens is 2. The van der Waals surface area contributed by atoms with E-state index < -0.39 is 0 Å². The molecular weight excluding hydrogens is 224 g/mol. The van der Waals surface area contributed by atoms with Crippen LogP contribution < -0.4 is 5.32 Å². The number of likely N-dealkylation sites (tertiary alicyclic amines) is 1. The lowest BCUT2D eigenvalue weighted by molar-refractivity contribution is 0.162. The fourth-order valence-electron chi connectivity index (χ4n) is 2.71. The molecule has 0 amide bonds. The van der Waals surface area contributed by atoms with Gasteiger partial charge in [0.2, 0.25) is 0 Å². The van der Waals surface area contributed by atoms with Crippen LogP contribution in [-0.4, -0.2) is 40.6 Å². The second-order valence-corrected chi connectivity index (χ2v) is 5.44. The van der Waals surface area contributed by atoms with E-state index in [2.05, 4.69) is 33.7 Å². The van der Waals surface area contributed by atoms with Crippen molar-refractivity contribution in [3.63, 3.8) is 0 Å². The Bertz CT molecular complexity index is 347. The average molecular weight is 250 g/mol. The number of nitrogens with zero attached hydrogens (tertiary/aromatic N) is 3. The molecule has 1 aliphatic heterocycles. The summed E-state index contributed by atoms with van der Waals surface area (Å²) < 4.78 is 2.12. The van der Waals surface area contributed by atoms with Crippen molar-refractivity contribution in [1.29, 1.82) is 0 Å². The first-order valence-electron chi connectivity index (χ1n) is 7.18. The summed E-state index contributed by atoms with van der Waals surface area (Å²) in [4.78, 5) is 6.76. The Morgan fingerprint density at radius 2 is 2.39 bits per heavy atom. The van der Waals surface area contributed by atoms with Crippen LogP contribution >= 0.6 is 0 Å². The summed E-state index contributed by atoms with van der Waals surface area (Å²) in [5, 5.41) is 3.55. The summed E-state index contributed by atoms with van der Waals surface area (Å²) in [7, 11) is 2.08. The zero-order chi connectivity index (χ0) is 12.8. The molecule has 1 fully saturated rings. The number of hydrogen-bond acceptors (Lipinski definition) is 3. The lowest BCUT2D eigenvalue weighted by Crippen LogP contribution is -2.39. The summed E-state index contributed by atoms with van der Waals surface area (Å²) in [6, 6.07) is 0. The number of rotatable bonds is 6. The predicted octanol–water partition coefficient (Wildman–Crippen LogP) is 1.63. The minimum absolute atomic E-state index is 0.818. The van der Waals surface area contributed by atoms with E-state index in [1.165, 1.54) is 44.6 Å². The van der Waals surface area contributed by atoms with Crippen LogP contribution in [0.25, 0.3) is 0 Å². The quantitative estimate of drug-likeness (QED) is 0.779. The maximum Gasteiger partial charge on any atom is 0.0945 e. The van der Waals surface area contributed by atoms with Gasteiger partial charge in [0.1, 0.15) is 0 Å². The van der Waals surface area contributed by atoms with Crippen molar-refractivity contribution in [1.82, 2.24) is 19.8 Å². The lowest BCUT2D eigenvalue weighted by Gasteiger charge is -2.32. The van der Waals surface area contributed by atoms with Gasteiger partial charge in [-0.05, 0) is 44.8 Å². The molecule has 1 aliphatic rings. The van der Waals surface area contributed by atoms with Gasteiger partial charge in [-0.15, -0.1) is 0 Å². The minimum atomic E-state index is 0.818. The van der Waals surface area contributed by atoms with Crippen molar-refractivity contribution >= 4 is 0 Å². The Hall–Kier alpha value is -0.870. The van der Waals surface area contributed by atoms with E-state index in [1.54, 1.807) is 0 Å². The zero-order valence-electron chi connectivity index (χ0n) is 11.7. The molecule has 1 aromatic heterocycles. The molecule has 2 rings (SSSR count). The van der Waals surface area contributed by atoms with Gasteiger partial charge in [0.15, 0.2) is 0 Å². The molecule has 0 spiro atoms. The Morgan fingerprint density at radius 3 is 3.11 bits per heavy atom. The smallest absolute Gasteiger partial charge is 0.0945 e. The largest absolute Gasteiger partial charge is 0.337 e. The third-order valence-corrected chi connectivity index (χ3v) is 3.76. The van der Waals surface area contributed by atoms with E-state index in [4.69, 9.17) is 0 Å². The van der Waals surface area contributed by atoms with Crippen molar-refractivity contribution in [3.05, 3.63) is 18.2 Å². The van der Waals surface area contributed by atoms with Crippen LogP contribution in [0.5, 0.6) is 0 Å². The lowest BCUT2D eigenvalue weighted by atomic mass is 9.98. The molecule has 4 heteroatoms. The fraction of sp³-hybridized carbons (Fsp3) is 0.786. The number of piperidine rings is 1. The molecule has 0 aliphatic carbocycles. The number of hydrogen-bond donors (Lipinski definition) is 1. The third kappa shape index (κ3) is 3.82. The van der Waals surface area contributed by atoms with Crippen molar-refractivity contribution in [3.8, 4) is 0 Å². The average Bonchev–Trinajstić information content (AvgIpc) is 2.76. The molecule has 1 unspecified atom stereocenters. The van der Waals surface area contributed by atoms with E-state index in [-0.39, 0.29) is 0 Å². The molecule has 4 nitrogen and oxygen atoms in total. The Labute approximate surface area is 110 Å². The first-order chi connectivity index (χ1) is 8.79. The van der Waals surface area contributed by atoms with Gasteiger partial charge >= 0.3 is 0 Å². The maximum absolute atomic E-state index is 4.19. The van der Waals surface area contributed by atoms with Gasteiger partial charge in [0, 0.05) is 26.3 Å². The molecule has 0 aromatic carbocycles. The first kappa shape index (κ1) is 13.6. The third-order valence-electron chi connectivity index (χ3n) is 3.76. The van der Waals surface area contributed by atoms with E-state index in [0.717, 1.165) is 19.0 Å². The highest BCUT2D eigenvalue weighted by molar-refractivity contribution is 4.97. The van der Waals surface area contributed by atoms with Crippen LogP contribution in [0.15, 0.2) is 12.5 Å². The Morgan fingerprint density at radius 1 is 1.50 bits per heavy atom. The molecule has 0 saturated carbocycles. The number of imidazole rings is 1. The molecule has 2 heterocycles. The van der Waals surface area contributed by atoms with Gasteiger partial charge in [-0.1, -0.05) is 6.92 Å². The number of nitrogens with one attached hydrogen (secondary N) is 1. The van der Waals surface area contributed by atoms with Crippen LogP contribution in [0.4, 0.5) is 0 Å². The second-order valence-electron chi connectivity index (χ2n) is 5.44. The van der Waals surface area contributed by atoms with E-state index in [1.807, 2.05) is 12.5 Å². The normalized spacial score (nSPS) is 21.3. The summed E-state index contributed by atoms with van der Waals surface area (Å²) in [6.07, 6.45) is 7.80. The molecule has 1 N–H and O–H groups in total. The maximum atomic E-state index is 4.19. The summed E-state index contributed by atoms with van der Waals surface area (Å²) in [6.45, 7) is 8.05. The molecule has 18 heavy (non-hydrogen) atoms. The highest BCUT2D eigenvalue weighted by atomic mass is 15.2. The van der Waals surface area contributed by atoms with E-state index in [0.29, 0.717) is 0 Å². The molecule has 1 saturated heterocycles. The van der Waals surface area contributed by atoms with Crippen LogP contribution in [0, 0.1) is 5.92 Å². The van der Waals surface area contributed by atoms with Crippen LogP contribution in [0.3, 0.4) is 0 Å². The van der Waals surface area contributed by atoms with E-state index >= 15 is 0 Å². The van der Waals surface area contributed by atoms with Gasteiger partial charge in [-0.3, -0.25) is 4.90 Å². The summed E-state index contributed by atoms with van der Waals surface area (Å²) in [5.74, 6) is 0.818. The highest BCUT2D eigenvalue weighted by Gasteiger charge is 2.20. The van der Waals surface area contributed by atoms with Crippen molar-refractivity contribution < 1.29 is 0 Å². The summed E-state index contributed by atoms with van der Waals surface area (Å²) >= 11 is 0. The van der Waals surface area contributed by atoms with Crippen LogP contribution in [0.2, 0.25) is 0 Å². The monoisotopic (exact) mass is 250 g/mol. The molecule has 1 atom stereocenters. The standard InChI is InChI=1S/C14H26N4/c1-3-6-15-8-13-5-4-7-18(10-13)11-14-9-16-12-17(14)2/h9,12-13,15H,3-8,10-11H2,1-2H3. The van der Waals surface area contributed by atoms with Crippen molar-refractivity contribution in [2.75, 3.05) is 26.2 Å². The molecule has 102 valence electrons. The van der Waals surface area contributed by atoms with Gasteiger partial charge in [0.25, 0.3) is 0 Å². The molecule has 0 radical (unpaired) electrons. The van der Waals surface area contributed by atoms with Gasteiger partial charge in [-0.25, -0.2) is 4.98 Å². The second kappa shape index (κ2) is 6.90. The van der Waals surface area contributed by atoms with Gasteiger partial charge < -0.3 is 9.88 Å². The highest BCUT2D eigenvalue weighted by Crippen LogP contribution is 2.17. The van der Waals surface area contributed by atoms with Crippen LogP contribution in [-0.2, 0) is 13.6 Å². The molecule has 1 aromatic rings. The molecular formula is C14H26N4.